The molecule has 0 aliphatic heterocycles. The molecule has 0 fully saturated rings. The second-order valence-corrected chi connectivity index (χ2v) is 7.06. The van der Waals surface area contributed by atoms with Crippen LogP contribution in [0.15, 0.2) is 53.4 Å². The lowest BCUT2D eigenvalue weighted by Gasteiger charge is -2.19. The molecule has 0 spiro atoms. The molecular weight excluding hydrogens is 315 g/mol. The maximum atomic E-state index is 12.9. The standard InChI is InChI=1S/C17H21FN2O2S/c1-3-4-13-20(2)16-9-7-15(8-10-16)19-23(21,22)17-11-5-14(18)6-12-17/h5-12,19H,3-4,13H2,1-2H3. The summed E-state index contributed by atoms with van der Waals surface area (Å²) in [6.07, 6.45) is 2.23. The molecule has 0 aromatic heterocycles. The first kappa shape index (κ1) is 17.3. The lowest BCUT2D eigenvalue weighted by atomic mass is 10.2. The Morgan fingerprint density at radius 2 is 1.65 bits per heavy atom. The molecule has 0 aliphatic carbocycles. The van der Waals surface area contributed by atoms with Crippen molar-refractivity contribution < 1.29 is 12.8 Å². The summed E-state index contributed by atoms with van der Waals surface area (Å²) in [5.41, 5.74) is 1.50. The van der Waals surface area contributed by atoms with Gasteiger partial charge in [-0.15, -0.1) is 0 Å². The Morgan fingerprint density at radius 1 is 1.04 bits per heavy atom. The van der Waals surface area contributed by atoms with Crippen LogP contribution in [0.4, 0.5) is 15.8 Å². The normalized spacial score (nSPS) is 11.3. The Balaban J connectivity index is 2.09. The maximum absolute atomic E-state index is 12.9. The van der Waals surface area contributed by atoms with Crippen LogP contribution in [0.25, 0.3) is 0 Å². The molecule has 0 amide bonds. The third-order valence-electron chi connectivity index (χ3n) is 3.53. The Bertz CT molecular complexity index is 728. The van der Waals surface area contributed by atoms with Crippen molar-refractivity contribution in [2.45, 2.75) is 24.7 Å². The monoisotopic (exact) mass is 336 g/mol. The number of benzene rings is 2. The summed E-state index contributed by atoms with van der Waals surface area (Å²) in [6.45, 7) is 3.10. The van der Waals surface area contributed by atoms with E-state index in [1.807, 2.05) is 19.2 Å². The van der Waals surface area contributed by atoms with Gasteiger partial charge in [-0.2, -0.15) is 0 Å². The molecular formula is C17H21FN2O2S. The zero-order valence-electron chi connectivity index (χ0n) is 13.3. The highest BCUT2D eigenvalue weighted by molar-refractivity contribution is 7.92. The molecule has 4 nitrogen and oxygen atoms in total. The molecule has 0 atom stereocenters. The van der Waals surface area contributed by atoms with Gasteiger partial charge in [-0.1, -0.05) is 13.3 Å². The van der Waals surface area contributed by atoms with Crippen LogP contribution in [0.2, 0.25) is 0 Å². The van der Waals surface area contributed by atoms with E-state index in [-0.39, 0.29) is 4.90 Å². The number of nitrogens with zero attached hydrogens (tertiary/aromatic N) is 1. The van der Waals surface area contributed by atoms with Crippen LogP contribution in [0, 0.1) is 5.82 Å². The van der Waals surface area contributed by atoms with Crippen molar-refractivity contribution in [1.29, 1.82) is 0 Å². The maximum Gasteiger partial charge on any atom is 0.261 e. The first-order valence-electron chi connectivity index (χ1n) is 7.52. The largest absolute Gasteiger partial charge is 0.375 e. The molecule has 2 aromatic carbocycles. The average Bonchev–Trinajstić information content (AvgIpc) is 2.53. The van der Waals surface area contributed by atoms with Crippen molar-refractivity contribution in [2.24, 2.45) is 0 Å². The molecule has 1 N–H and O–H groups in total. The summed E-state index contributed by atoms with van der Waals surface area (Å²) in [6, 6.07) is 11.9. The molecule has 0 bridgehead atoms. The van der Waals surface area contributed by atoms with Crippen molar-refractivity contribution in [2.75, 3.05) is 23.2 Å². The number of nitrogens with one attached hydrogen (secondary N) is 1. The van der Waals surface area contributed by atoms with Crippen LogP contribution in [0.5, 0.6) is 0 Å². The van der Waals surface area contributed by atoms with E-state index in [0.29, 0.717) is 5.69 Å². The molecule has 124 valence electrons. The van der Waals surface area contributed by atoms with E-state index in [0.717, 1.165) is 37.2 Å². The van der Waals surface area contributed by atoms with Crippen molar-refractivity contribution in [3.05, 3.63) is 54.3 Å². The quantitative estimate of drug-likeness (QED) is 0.835. The van der Waals surface area contributed by atoms with Gasteiger partial charge >= 0.3 is 0 Å². The van der Waals surface area contributed by atoms with Crippen LogP contribution >= 0.6 is 0 Å². The average molecular weight is 336 g/mol. The summed E-state index contributed by atoms with van der Waals surface area (Å²) in [4.78, 5) is 2.16. The van der Waals surface area contributed by atoms with Crippen molar-refractivity contribution >= 4 is 21.4 Å². The molecule has 0 saturated heterocycles. The van der Waals surface area contributed by atoms with Gasteiger partial charge in [0.15, 0.2) is 0 Å². The van der Waals surface area contributed by atoms with Gasteiger partial charge in [0.1, 0.15) is 5.82 Å². The van der Waals surface area contributed by atoms with E-state index in [2.05, 4.69) is 16.5 Å². The summed E-state index contributed by atoms with van der Waals surface area (Å²) in [7, 11) is -1.70. The fourth-order valence-corrected chi connectivity index (χ4v) is 3.19. The Morgan fingerprint density at radius 3 is 2.22 bits per heavy atom. The zero-order valence-corrected chi connectivity index (χ0v) is 14.1. The smallest absolute Gasteiger partial charge is 0.261 e. The number of halogens is 1. The number of hydrogen-bond acceptors (Lipinski definition) is 3. The topological polar surface area (TPSA) is 49.4 Å². The van der Waals surface area contributed by atoms with E-state index < -0.39 is 15.8 Å². The van der Waals surface area contributed by atoms with E-state index in [9.17, 15) is 12.8 Å². The molecule has 0 unspecified atom stereocenters. The predicted molar refractivity (Wildman–Crippen MR) is 91.8 cm³/mol. The van der Waals surface area contributed by atoms with Crippen molar-refractivity contribution in [3.8, 4) is 0 Å². The highest BCUT2D eigenvalue weighted by Gasteiger charge is 2.14. The van der Waals surface area contributed by atoms with Gasteiger partial charge in [0.05, 0.1) is 4.90 Å². The number of sulfonamides is 1. The Labute approximate surface area is 137 Å². The zero-order chi connectivity index (χ0) is 16.9. The molecule has 23 heavy (non-hydrogen) atoms. The highest BCUT2D eigenvalue weighted by Crippen LogP contribution is 2.20. The van der Waals surface area contributed by atoms with Crippen molar-refractivity contribution in [1.82, 2.24) is 0 Å². The van der Waals surface area contributed by atoms with E-state index >= 15 is 0 Å². The molecule has 2 rings (SSSR count). The minimum absolute atomic E-state index is 0.0306. The Kier molecular flexibility index (Phi) is 5.60. The third kappa shape index (κ3) is 4.69. The van der Waals surface area contributed by atoms with Gasteiger partial charge in [-0.05, 0) is 55.0 Å². The van der Waals surface area contributed by atoms with Crippen LogP contribution in [0.1, 0.15) is 19.8 Å². The second-order valence-electron chi connectivity index (χ2n) is 5.38. The van der Waals surface area contributed by atoms with E-state index in [1.54, 1.807) is 12.1 Å². The summed E-state index contributed by atoms with van der Waals surface area (Å²) < 4.78 is 39.8. The van der Waals surface area contributed by atoms with Crippen LogP contribution in [-0.2, 0) is 10.0 Å². The number of unbranched alkanes of at least 4 members (excludes halogenated alkanes) is 1. The minimum Gasteiger partial charge on any atom is -0.375 e. The molecule has 0 aliphatic rings. The lowest BCUT2D eigenvalue weighted by Crippen LogP contribution is -2.18. The Hall–Kier alpha value is -2.08. The minimum atomic E-state index is -3.71. The van der Waals surface area contributed by atoms with Crippen LogP contribution < -0.4 is 9.62 Å². The SMILES string of the molecule is CCCCN(C)c1ccc(NS(=O)(=O)c2ccc(F)cc2)cc1. The first-order valence-corrected chi connectivity index (χ1v) is 9.00. The molecule has 0 saturated carbocycles. The summed E-state index contributed by atoms with van der Waals surface area (Å²) in [5, 5.41) is 0. The van der Waals surface area contributed by atoms with Gasteiger partial charge in [-0.25, -0.2) is 12.8 Å². The molecule has 2 aromatic rings. The summed E-state index contributed by atoms with van der Waals surface area (Å²) in [5.74, 6) is -0.469. The predicted octanol–water partition coefficient (Wildman–Crippen LogP) is 3.86. The van der Waals surface area contributed by atoms with Gasteiger partial charge in [0.25, 0.3) is 10.0 Å². The van der Waals surface area contributed by atoms with Crippen molar-refractivity contribution in [3.63, 3.8) is 0 Å². The summed E-state index contributed by atoms with van der Waals surface area (Å²) >= 11 is 0. The highest BCUT2D eigenvalue weighted by atomic mass is 32.2. The number of hydrogen-bond donors (Lipinski definition) is 1. The van der Waals surface area contributed by atoms with Gasteiger partial charge in [0, 0.05) is 25.0 Å². The van der Waals surface area contributed by atoms with Gasteiger partial charge in [-0.3, -0.25) is 4.72 Å². The van der Waals surface area contributed by atoms with E-state index in [1.165, 1.54) is 12.1 Å². The first-order chi connectivity index (χ1) is 10.9. The van der Waals surface area contributed by atoms with E-state index in [4.69, 9.17) is 0 Å². The lowest BCUT2D eigenvalue weighted by molar-refractivity contribution is 0.599. The number of anilines is 2. The third-order valence-corrected chi connectivity index (χ3v) is 4.93. The van der Waals surface area contributed by atoms with Crippen LogP contribution in [0.3, 0.4) is 0 Å². The van der Waals surface area contributed by atoms with Gasteiger partial charge in [0.2, 0.25) is 0 Å². The van der Waals surface area contributed by atoms with Gasteiger partial charge < -0.3 is 4.90 Å². The van der Waals surface area contributed by atoms with Crippen LogP contribution in [-0.4, -0.2) is 22.0 Å². The number of rotatable bonds is 7. The molecule has 6 heteroatoms. The fraction of sp³-hybridized carbons (Fsp3) is 0.294. The molecule has 0 radical (unpaired) electrons. The second kappa shape index (κ2) is 7.46. The fourth-order valence-electron chi connectivity index (χ4n) is 2.14. The molecule has 0 heterocycles.